The van der Waals surface area contributed by atoms with E-state index in [1.807, 2.05) is 32.0 Å². The molecule has 0 spiro atoms. The van der Waals surface area contributed by atoms with E-state index in [9.17, 15) is 0 Å². The molecule has 1 aromatic heterocycles. The Balaban J connectivity index is 2.63. The standard InChI is InChI=1S/C10H12ClN3/c1-10(2,12)6-3-4-7-8(5-6)13-14-9(7)11/h3-5H,12H2,1-2H3,(H,13,14). The Labute approximate surface area is 87.2 Å². The monoisotopic (exact) mass is 209 g/mol. The normalized spacial score (nSPS) is 12.3. The van der Waals surface area contributed by atoms with Crippen molar-refractivity contribution in [2.24, 2.45) is 5.73 Å². The first-order valence-electron chi connectivity index (χ1n) is 4.41. The molecule has 0 aliphatic heterocycles. The van der Waals surface area contributed by atoms with Crippen molar-refractivity contribution >= 4 is 22.5 Å². The lowest BCUT2D eigenvalue weighted by Crippen LogP contribution is -2.28. The van der Waals surface area contributed by atoms with E-state index in [1.54, 1.807) is 0 Å². The molecule has 0 unspecified atom stereocenters. The van der Waals surface area contributed by atoms with Crippen LogP contribution in [0.25, 0.3) is 10.9 Å². The molecule has 3 nitrogen and oxygen atoms in total. The number of hydrogen-bond acceptors (Lipinski definition) is 2. The Morgan fingerprint density at radius 1 is 1.43 bits per heavy atom. The number of fused-ring (bicyclic) bond motifs is 1. The summed E-state index contributed by atoms with van der Waals surface area (Å²) in [5, 5.41) is 8.31. The number of nitrogens with one attached hydrogen (secondary N) is 1. The van der Waals surface area contributed by atoms with Gasteiger partial charge in [-0.25, -0.2) is 0 Å². The van der Waals surface area contributed by atoms with Crippen molar-refractivity contribution in [1.29, 1.82) is 0 Å². The van der Waals surface area contributed by atoms with Gasteiger partial charge in [0.15, 0.2) is 0 Å². The van der Waals surface area contributed by atoms with E-state index in [1.165, 1.54) is 0 Å². The lowest BCUT2D eigenvalue weighted by molar-refractivity contribution is 0.555. The molecule has 0 radical (unpaired) electrons. The fourth-order valence-corrected chi connectivity index (χ4v) is 1.58. The van der Waals surface area contributed by atoms with E-state index in [2.05, 4.69) is 10.2 Å². The number of aromatic amines is 1. The number of nitrogens with two attached hydrogens (primary N) is 1. The van der Waals surface area contributed by atoms with Gasteiger partial charge in [-0.2, -0.15) is 5.10 Å². The summed E-state index contributed by atoms with van der Waals surface area (Å²) in [7, 11) is 0. The van der Waals surface area contributed by atoms with Gasteiger partial charge in [-0.3, -0.25) is 5.10 Å². The number of rotatable bonds is 1. The second kappa shape index (κ2) is 2.97. The van der Waals surface area contributed by atoms with E-state index < -0.39 is 0 Å². The molecular formula is C10H12ClN3. The predicted octanol–water partition coefficient (Wildman–Crippen LogP) is 2.41. The van der Waals surface area contributed by atoms with Crippen LogP contribution in [0.15, 0.2) is 18.2 Å². The van der Waals surface area contributed by atoms with Gasteiger partial charge in [-0.05, 0) is 31.5 Å². The number of H-pyrrole nitrogens is 1. The molecular weight excluding hydrogens is 198 g/mol. The zero-order valence-corrected chi connectivity index (χ0v) is 8.89. The fourth-order valence-electron chi connectivity index (χ4n) is 1.38. The van der Waals surface area contributed by atoms with Crippen LogP contribution in [0.3, 0.4) is 0 Å². The zero-order valence-electron chi connectivity index (χ0n) is 8.13. The molecule has 0 bridgehead atoms. The summed E-state index contributed by atoms with van der Waals surface area (Å²) < 4.78 is 0. The maximum absolute atomic E-state index is 5.98. The number of hydrogen-bond donors (Lipinski definition) is 2. The summed E-state index contributed by atoms with van der Waals surface area (Å²) in [5.41, 5.74) is 7.54. The van der Waals surface area contributed by atoms with Crippen LogP contribution in [0.4, 0.5) is 0 Å². The van der Waals surface area contributed by atoms with Crippen molar-refractivity contribution in [2.45, 2.75) is 19.4 Å². The Morgan fingerprint density at radius 3 is 2.79 bits per heavy atom. The highest BCUT2D eigenvalue weighted by atomic mass is 35.5. The average molecular weight is 210 g/mol. The molecule has 2 rings (SSSR count). The molecule has 1 heterocycles. The first-order valence-corrected chi connectivity index (χ1v) is 4.79. The Kier molecular flexibility index (Phi) is 2.01. The number of benzene rings is 1. The van der Waals surface area contributed by atoms with Gasteiger partial charge < -0.3 is 5.73 Å². The summed E-state index contributed by atoms with van der Waals surface area (Å²) in [6.45, 7) is 3.92. The summed E-state index contributed by atoms with van der Waals surface area (Å²) >= 11 is 5.89. The molecule has 0 saturated heterocycles. The summed E-state index contributed by atoms with van der Waals surface area (Å²) in [6, 6.07) is 5.87. The second-order valence-electron chi connectivity index (χ2n) is 3.99. The molecule has 14 heavy (non-hydrogen) atoms. The largest absolute Gasteiger partial charge is 0.322 e. The maximum Gasteiger partial charge on any atom is 0.132 e. The zero-order chi connectivity index (χ0) is 10.3. The minimum atomic E-state index is -0.348. The maximum atomic E-state index is 5.98. The first-order chi connectivity index (χ1) is 6.48. The van der Waals surface area contributed by atoms with Crippen LogP contribution in [0.1, 0.15) is 19.4 Å². The van der Waals surface area contributed by atoms with Crippen LogP contribution in [-0.4, -0.2) is 10.2 Å². The number of nitrogens with zero attached hydrogens (tertiary/aromatic N) is 1. The van der Waals surface area contributed by atoms with Crippen molar-refractivity contribution in [2.75, 3.05) is 0 Å². The molecule has 3 N–H and O–H groups in total. The minimum Gasteiger partial charge on any atom is -0.322 e. The van der Waals surface area contributed by atoms with Gasteiger partial charge in [0.1, 0.15) is 5.15 Å². The highest BCUT2D eigenvalue weighted by molar-refractivity contribution is 6.34. The van der Waals surface area contributed by atoms with E-state index in [4.69, 9.17) is 17.3 Å². The average Bonchev–Trinajstić information content (AvgIpc) is 2.46. The lowest BCUT2D eigenvalue weighted by atomic mass is 9.95. The summed E-state index contributed by atoms with van der Waals surface area (Å²) in [6.07, 6.45) is 0. The topological polar surface area (TPSA) is 54.7 Å². The molecule has 2 aromatic rings. The molecule has 74 valence electrons. The molecule has 0 amide bonds. The third kappa shape index (κ3) is 1.49. The fraction of sp³-hybridized carbons (Fsp3) is 0.300. The molecule has 0 aliphatic rings. The van der Waals surface area contributed by atoms with Crippen molar-refractivity contribution < 1.29 is 0 Å². The van der Waals surface area contributed by atoms with Crippen molar-refractivity contribution in [3.8, 4) is 0 Å². The molecule has 0 fully saturated rings. The van der Waals surface area contributed by atoms with Gasteiger partial charge in [0.2, 0.25) is 0 Å². The molecule has 0 atom stereocenters. The van der Waals surface area contributed by atoms with Gasteiger partial charge in [0.25, 0.3) is 0 Å². The van der Waals surface area contributed by atoms with Gasteiger partial charge in [0.05, 0.1) is 5.52 Å². The van der Waals surface area contributed by atoms with Gasteiger partial charge in [0, 0.05) is 10.9 Å². The van der Waals surface area contributed by atoms with E-state index >= 15 is 0 Å². The third-order valence-electron chi connectivity index (χ3n) is 2.25. The lowest BCUT2D eigenvalue weighted by Gasteiger charge is -2.18. The Hall–Kier alpha value is -1.06. The van der Waals surface area contributed by atoms with Gasteiger partial charge in [-0.15, -0.1) is 0 Å². The highest BCUT2D eigenvalue weighted by Crippen LogP contribution is 2.25. The summed E-state index contributed by atoms with van der Waals surface area (Å²) in [5.74, 6) is 0. The Bertz CT molecular complexity index is 468. The highest BCUT2D eigenvalue weighted by Gasteiger charge is 2.15. The van der Waals surface area contributed by atoms with E-state index in [-0.39, 0.29) is 5.54 Å². The predicted molar refractivity (Wildman–Crippen MR) is 58.3 cm³/mol. The smallest absolute Gasteiger partial charge is 0.132 e. The van der Waals surface area contributed by atoms with E-state index in [0.717, 1.165) is 16.5 Å². The quantitative estimate of drug-likeness (QED) is 0.758. The van der Waals surface area contributed by atoms with Gasteiger partial charge in [-0.1, -0.05) is 17.7 Å². The molecule has 4 heteroatoms. The number of halogens is 1. The second-order valence-corrected chi connectivity index (χ2v) is 4.37. The van der Waals surface area contributed by atoms with E-state index in [0.29, 0.717) is 5.15 Å². The van der Waals surface area contributed by atoms with Gasteiger partial charge >= 0.3 is 0 Å². The van der Waals surface area contributed by atoms with Crippen LogP contribution in [0.2, 0.25) is 5.15 Å². The summed E-state index contributed by atoms with van der Waals surface area (Å²) in [4.78, 5) is 0. The van der Waals surface area contributed by atoms with Crippen molar-refractivity contribution in [3.63, 3.8) is 0 Å². The van der Waals surface area contributed by atoms with Crippen LogP contribution in [0.5, 0.6) is 0 Å². The molecule has 0 aliphatic carbocycles. The van der Waals surface area contributed by atoms with Crippen LogP contribution < -0.4 is 5.73 Å². The third-order valence-corrected chi connectivity index (χ3v) is 2.54. The Morgan fingerprint density at radius 2 is 2.14 bits per heavy atom. The van der Waals surface area contributed by atoms with Crippen LogP contribution in [-0.2, 0) is 5.54 Å². The minimum absolute atomic E-state index is 0.348. The number of aromatic nitrogens is 2. The molecule has 0 saturated carbocycles. The van der Waals surface area contributed by atoms with Crippen LogP contribution >= 0.6 is 11.6 Å². The van der Waals surface area contributed by atoms with Crippen molar-refractivity contribution in [1.82, 2.24) is 10.2 Å². The van der Waals surface area contributed by atoms with Crippen molar-refractivity contribution in [3.05, 3.63) is 28.9 Å². The SMILES string of the molecule is CC(C)(N)c1ccc2c(Cl)[nH]nc2c1. The first kappa shape index (κ1) is 9.49. The molecule has 1 aromatic carbocycles. The van der Waals surface area contributed by atoms with Crippen LogP contribution in [0, 0.1) is 0 Å².